The number of carbonyl (C=O) groups excluding carboxylic acids is 1. The van der Waals surface area contributed by atoms with Crippen molar-refractivity contribution < 1.29 is 28.1 Å². The largest absolute Gasteiger partial charge is 0.471 e. The molecule has 2 unspecified atom stereocenters. The number of piperidine rings is 1. The van der Waals surface area contributed by atoms with Crippen LogP contribution in [0.2, 0.25) is 5.02 Å². The third-order valence-corrected chi connectivity index (χ3v) is 6.59. The van der Waals surface area contributed by atoms with Crippen molar-refractivity contribution in [3.8, 4) is 23.6 Å². The van der Waals surface area contributed by atoms with Crippen LogP contribution in [0.25, 0.3) is 0 Å². The van der Waals surface area contributed by atoms with Gasteiger partial charge in [0, 0.05) is 24.9 Å². The van der Waals surface area contributed by atoms with Crippen LogP contribution in [0.1, 0.15) is 25.3 Å². The molecular weight excluding hydrogens is 467 g/mol. The van der Waals surface area contributed by atoms with Crippen LogP contribution in [0.5, 0.6) is 17.5 Å². The molecule has 1 aromatic carbocycles. The molecule has 178 valence electrons. The zero-order chi connectivity index (χ0) is 23.9. The van der Waals surface area contributed by atoms with Gasteiger partial charge >= 0.3 is 6.09 Å². The molecule has 0 spiro atoms. The number of ether oxygens (including phenoxy) is 4. The molecule has 3 fully saturated rings. The second-order valence-corrected chi connectivity index (χ2v) is 9.43. The molecule has 5 rings (SSSR count). The molecule has 2 aromatic rings. The lowest BCUT2D eigenvalue weighted by Gasteiger charge is -2.45. The van der Waals surface area contributed by atoms with Gasteiger partial charge < -0.3 is 23.8 Å². The number of hydrogen-bond donors (Lipinski definition) is 0. The summed E-state index contributed by atoms with van der Waals surface area (Å²) in [5, 5.41) is 9.11. The third-order valence-electron chi connectivity index (χ3n) is 6.29. The fraction of sp³-hybridized carbons (Fsp3) is 0.478. The predicted octanol–water partition coefficient (Wildman–Crippen LogP) is 3.95. The quantitative estimate of drug-likeness (QED) is 0.622. The number of halogens is 2. The zero-order valence-corrected chi connectivity index (χ0v) is 19.1. The second-order valence-electron chi connectivity index (χ2n) is 9.02. The van der Waals surface area contributed by atoms with Crippen LogP contribution in [0.4, 0.5) is 9.18 Å². The Morgan fingerprint density at radius 3 is 2.62 bits per heavy atom. The molecular formula is C23H22ClFN4O5. The van der Waals surface area contributed by atoms with Crippen molar-refractivity contribution in [3.05, 3.63) is 40.9 Å². The van der Waals surface area contributed by atoms with Gasteiger partial charge in [0.15, 0.2) is 0 Å². The average Bonchev–Trinajstić information content (AvgIpc) is 3.53. The Hall–Kier alpha value is -3.16. The molecule has 9 nitrogen and oxygen atoms in total. The van der Waals surface area contributed by atoms with Crippen molar-refractivity contribution in [2.24, 2.45) is 11.8 Å². The van der Waals surface area contributed by atoms with E-state index in [0.717, 1.165) is 19.2 Å². The van der Waals surface area contributed by atoms with E-state index >= 15 is 4.39 Å². The highest BCUT2D eigenvalue weighted by Crippen LogP contribution is 2.40. The Morgan fingerprint density at radius 2 is 1.97 bits per heavy atom. The Bertz CT molecular complexity index is 1140. The molecule has 3 aliphatic rings. The molecule has 2 aliphatic heterocycles. The number of likely N-dealkylation sites (tertiary alicyclic amines) is 1. The van der Waals surface area contributed by atoms with E-state index in [1.54, 1.807) is 4.90 Å². The maximum atomic E-state index is 15.2. The van der Waals surface area contributed by atoms with E-state index in [-0.39, 0.29) is 46.1 Å². The van der Waals surface area contributed by atoms with Gasteiger partial charge in [-0.1, -0.05) is 11.6 Å². The van der Waals surface area contributed by atoms with Crippen LogP contribution in [-0.4, -0.2) is 59.0 Å². The SMILES string of the molecule is CC1(OC(=O)N2CC3COCC(C2)C3Oc2ncnc(Oc3ccc(C#N)cc3Cl)c2F)CC1. The van der Waals surface area contributed by atoms with Crippen molar-refractivity contribution in [1.82, 2.24) is 14.9 Å². The normalized spacial score (nSPS) is 24.6. The minimum absolute atomic E-state index is 0.144. The topological polar surface area (TPSA) is 107 Å². The minimum atomic E-state index is -0.870. The van der Waals surface area contributed by atoms with E-state index in [2.05, 4.69) is 9.97 Å². The summed E-state index contributed by atoms with van der Waals surface area (Å²) in [4.78, 5) is 22.1. The van der Waals surface area contributed by atoms with Crippen LogP contribution in [0.15, 0.2) is 24.5 Å². The molecule has 1 amide bonds. The van der Waals surface area contributed by atoms with Crippen molar-refractivity contribution in [2.75, 3.05) is 26.3 Å². The van der Waals surface area contributed by atoms with Crippen LogP contribution in [0, 0.1) is 29.0 Å². The first-order valence-corrected chi connectivity index (χ1v) is 11.3. The number of carbonyl (C=O) groups is 1. The molecule has 2 bridgehead atoms. The molecule has 3 heterocycles. The fourth-order valence-corrected chi connectivity index (χ4v) is 4.39. The lowest BCUT2D eigenvalue weighted by molar-refractivity contribution is -0.112. The van der Waals surface area contributed by atoms with Gasteiger partial charge in [-0.25, -0.2) is 4.79 Å². The van der Waals surface area contributed by atoms with Crippen LogP contribution in [0.3, 0.4) is 0 Å². The first-order valence-electron chi connectivity index (χ1n) is 11.0. The summed E-state index contributed by atoms with van der Waals surface area (Å²) in [7, 11) is 0. The zero-order valence-electron chi connectivity index (χ0n) is 18.4. The number of nitriles is 1. The maximum absolute atomic E-state index is 15.2. The van der Waals surface area contributed by atoms with E-state index < -0.39 is 11.9 Å². The summed E-state index contributed by atoms with van der Waals surface area (Å²) < 4.78 is 38.0. The Labute approximate surface area is 200 Å². The number of amides is 1. The maximum Gasteiger partial charge on any atom is 0.410 e. The monoisotopic (exact) mass is 488 g/mol. The Kier molecular flexibility index (Phi) is 5.91. The van der Waals surface area contributed by atoms with E-state index in [9.17, 15) is 4.79 Å². The van der Waals surface area contributed by atoms with Gasteiger partial charge in [0.2, 0.25) is 5.82 Å². The van der Waals surface area contributed by atoms with Crippen LogP contribution >= 0.6 is 11.6 Å². The molecule has 1 saturated carbocycles. The average molecular weight is 489 g/mol. The minimum Gasteiger partial charge on any atom is -0.471 e. The highest BCUT2D eigenvalue weighted by atomic mass is 35.5. The summed E-state index contributed by atoms with van der Waals surface area (Å²) in [6.45, 7) is 3.44. The fourth-order valence-electron chi connectivity index (χ4n) is 4.17. The van der Waals surface area contributed by atoms with Crippen molar-refractivity contribution in [1.29, 1.82) is 5.26 Å². The highest BCUT2D eigenvalue weighted by Gasteiger charge is 2.47. The summed E-state index contributed by atoms with van der Waals surface area (Å²) in [6.07, 6.45) is 2.16. The molecule has 2 atom stereocenters. The number of aromatic nitrogens is 2. The molecule has 11 heteroatoms. The summed E-state index contributed by atoms with van der Waals surface area (Å²) >= 11 is 6.12. The van der Waals surface area contributed by atoms with Gasteiger partial charge in [-0.2, -0.15) is 19.6 Å². The first-order chi connectivity index (χ1) is 16.3. The number of rotatable bonds is 5. The molecule has 1 aromatic heterocycles. The van der Waals surface area contributed by atoms with E-state index in [0.29, 0.717) is 31.9 Å². The summed E-state index contributed by atoms with van der Waals surface area (Å²) in [5.41, 5.74) is -0.00583. The predicted molar refractivity (Wildman–Crippen MR) is 116 cm³/mol. The number of fused-ring (bicyclic) bond motifs is 2. The number of hydrogen-bond acceptors (Lipinski definition) is 8. The highest BCUT2D eigenvalue weighted by molar-refractivity contribution is 6.32. The van der Waals surface area contributed by atoms with Crippen molar-refractivity contribution >= 4 is 17.7 Å². The van der Waals surface area contributed by atoms with E-state index in [4.69, 9.17) is 35.8 Å². The van der Waals surface area contributed by atoms with E-state index in [1.807, 2.05) is 13.0 Å². The van der Waals surface area contributed by atoms with E-state index in [1.165, 1.54) is 18.2 Å². The number of benzene rings is 1. The lowest BCUT2D eigenvalue weighted by atomic mass is 9.84. The van der Waals surface area contributed by atoms with Crippen LogP contribution in [-0.2, 0) is 9.47 Å². The second kappa shape index (κ2) is 8.89. The molecule has 2 saturated heterocycles. The van der Waals surface area contributed by atoms with Gasteiger partial charge in [0.05, 0.1) is 29.9 Å². The van der Waals surface area contributed by atoms with Gasteiger partial charge in [-0.3, -0.25) is 0 Å². The lowest BCUT2D eigenvalue weighted by Crippen LogP contribution is -2.59. The molecule has 34 heavy (non-hydrogen) atoms. The first kappa shape index (κ1) is 22.6. The molecule has 1 aliphatic carbocycles. The van der Waals surface area contributed by atoms with Gasteiger partial charge in [-0.15, -0.1) is 0 Å². The molecule has 0 N–H and O–H groups in total. The summed E-state index contributed by atoms with van der Waals surface area (Å²) in [6, 6.07) is 6.34. The Balaban J connectivity index is 1.30. The Morgan fingerprint density at radius 1 is 1.26 bits per heavy atom. The van der Waals surface area contributed by atoms with Gasteiger partial charge in [-0.05, 0) is 38.0 Å². The molecule has 0 radical (unpaired) electrons. The van der Waals surface area contributed by atoms with Crippen molar-refractivity contribution in [3.63, 3.8) is 0 Å². The standard InChI is InChI=1S/C23H22ClFN4O5/c1-23(4-5-23)34-22(30)29-8-14-10-31-11-15(9-29)19(14)33-21-18(25)20(27-12-28-21)32-17-3-2-13(7-26)6-16(17)24/h2-3,6,12,14-15,19H,4-5,8-11H2,1H3. The van der Waals surface area contributed by atoms with Gasteiger partial charge in [0.25, 0.3) is 11.8 Å². The number of nitrogens with zero attached hydrogens (tertiary/aromatic N) is 4. The van der Waals surface area contributed by atoms with Crippen molar-refractivity contribution in [2.45, 2.75) is 31.5 Å². The van der Waals surface area contributed by atoms with Gasteiger partial charge in [0.1, 0.15) is 23.8 Å². The third kappa shape index (κ3) is 4.58. The van der Waals surface area contributed by atoms with Crippen LogP contribution < -0.4 is 9.47 Å². The summed E-state index contributed by atoms with van der Waals surface area (Å²) in [5.74, 6) is -1.66. The smallest absolute Gasteiger partial charge is 0.410 e.